The molecule has 0 bridgehead atoms. The second-order valence-corrected chi connectivity index (χ2v) is 7.42. The van der Waals surface area contributed by atoms with Gasteiger partial charge in [-0.15, -0.1) is 0 Å². The van der Waals surface area contributed by atoms with Crippen LogP contribution in [0.2, 0.25) is 5.02 Å². The summed E-state index contributed by atoms with van der Waals surface area (Å²) in [6, 6.07) is 11.0. The Kier molecular flexibility index (Phi) is 7.36. The molecule has 0 aliphatic carbocycles. The van der Waals surface area contributed by atoms with E-state index in [1.54, 1.807) is 12.1 Å². The third kappa shape index (κ3) is 5.99. The summed E-state index contributed by atoms with van der Waals surface area (Å²) in [5.41, 5.74) is 0.849. The molecule has 2 aromatic rings. The highest BCUT2D eigenvalue weighted by Gasteiger charge is 2.17. The number of nitrogens with zero attached hydrogens (tertiary/aromatic N) is 2. The Morgan fingerprint density at radius 1 is 1.00 bits per heavy atom. The van der Waals surface area contributed by atoms with Gasteiger partial charge < -0.3 is 10.2 Å². The van der Waals surface area contributed by atoms with E-state index in [0.29, 0.717) is 23.7 Å². The molecule has 150 valence electrons. The van der Waals surface area contributed by atoms with Gasteiger partial charge in [-0.3, -0.25) is 9.69 Å². The Morgan fingerprint density at radius 3 is 2.54 bits per heavy atom. The van der Waals surface area contributed by atoms with E-state index >= 15 is 0 Å². The van der Waals surface area contributed by atoms with Gasteiger partial charge in [0.2, 0.25) is 5.91 Å². The van der Waals surface area contributed by atoms with Crippen molar-refractivity contribution in [3.05, 3.63) is 64.7 Å². The van der Waals surface area contributed by atoms with E-state index in [0.717, 1.165) is 32.6 Å². The number of anilines is 1. The highest BCUT2D eigenvalue weighted by molar-refractivity contribution is 6.30. The van der Waals surface area contributed by atoms with E-state index in [-0.39, 0.29) is 23.8 Å². The zero-order chi connectivity index (χ0) is 19.9. The summed E-state index contributed by atoms with van der Waals surface area (Å²) >= 11 is 5.72. The lowest BCUT2D eigenvalue weighted by molar-refractivity contribution is -0.116. The molecule has 7 heteroatoms. The highest BCUT2D eigenvalue weighted by atomic mass is 35.5. The van der Waals surface area contributed by atoms with Gasteiger partial charge in [-0.2, -0.15) is 0 Å². The first-order valence-electron chi connectivity index (χ1n) is 9.44. The molecule has 0 unspecified atom stereocenters. The fourth-order valence-electron chi connectivity index (χ4n) is 3.34. The monoisotopic (exact) mass is 407 g/mol. The predicted octanol–water partition coefficient (Wildman–Crippen LogP) is 4.15. The van der Waals surface area contributed by atoms with Gasteiger partial charge in [0.15, 0.2) is 0 Å². The molecule has 4 nitrogen and oxygen atoms in total. The smallest absolute Gasteiger partial charge is 0.225 e. The van der Waals surface area contributed by atoms with Crippen LogP contribution in [-0.4, -0.2) is 48.4 Å². The maximum atomic E-state index is 13.8. The third-order valence-corrected chi connectivity index (χ3v) is 5.13. The van der Waals surface area contributed by atoms with Crippen LogP contribution in [0.5, 0.6) is 0 Å². The van der Waals surface area contributed by atoms with Gasteiger partial charge in [0.25, 0.3) is 0 Å². The molecule has 0 spiro atoms. The maximum absolute atomic E-state index is 13.8. The second-order valence-electron chi connectivity index (χ2n) is 6.99. The van der Waals surface area contributed by atoms with Gasteiger partial charge in [-0.25, -0.2) is 8.78 Å². The van der Waals surface area contributed by atoms with Crippen molar-refractivity contribution >= 4 is 23.2 Å². The minimum atomic E-state index is -0.542. The van der Waals surface area contributed by atoms with Gasteiger partial charge >= 0.3 is 0 Å². The van der Waals surface area contributed by atoms with Crippen LogP contribution in [0, 0.1) is 11.6 Å². The summed E-state index contributed by atoms with van der Waals surface area (Å²) in [6.45, 7) is 4.62. The molecule has 1 amide bonds. The van der Waals surface area contributed by atoms with Crippen LogP contribution in [0.25, 0.3) is 0 Å². The molecule has 1 aliphatic rings. The number of halogens is 3. The molecule has 1 fully saturated rings. The largest absolute Gasteiger partial charge is 0.324 e. The Hall–Kier alpha value is -2.02. The number of carbonyl (C=O) groups excluding carboxylic acids is 1. The molecule has 1 aliphatic heterocycles. The summed E-state index contributed by atoms with van der Waals surface area (Å²) in [5.74, 6) is -0.942. The van der Waals surface area contributed by atoms with Gasteiger partial charge in [0.05, 0.1) is 5.69 Å². The molecular weight excluding hydrogens is 384 g/mol. The van der Waals surface area contributed by atoms with Crippen molar-refractivity contribution < 1.29 is 13.6 Å². The molecule has 0 radical (unpaired) electrons. The van der Waals surface area contributed by atoms with Crippen molar-refractivity contribution in [1.29, 1.82) is 0 Å². The number of hydrogen-bond acceptors (Lipinski definition) is 3. The maximum Gasteiger partial charge on any atom is 0.225 e. The van der Waals surface area contributed by atoms with E-state index in [1.165, 1.54) is 18.2 Å². The molecule has 28 heavy (non-hydrogen) atoms. The zero-order valence-corrected chi connectivity index (χ0v) is 16.4. The molecule has 0 atom stereocenters. The normalized spacial score (nSPS) is 16.0. The van der Waals surface area contributed by atoms with Gasteiger partial charge in [-0.05, 0) is 43.8 Å². The SMILES string of the molecule is O=C(CCN1CCCN(Cc2ccccc2F)CC1)Nc1ccc(Cl)cc1F. The molecule has 3 rings (SSSR count). The van der Waals surface area contributed by atoms with E-state index in [1.807, 2.05) is 12.1 Å². The van der Waals surface area contributed by atoms with Crippen LogP contribution in [0.4, 0.5) is 14.5 Å². The number of nitrogens with one attached hydrogen (secondary N) is 1. The third-order valence-electron chi connectivity index (χ3n) is 4.89. The van der Waals surface area contributed by atoms with Crippen LogP contribution in [0.3, 0.4) is 0 Å². The van der Waals surface area contributed by atoms with Crippen LogP contribution < -0.4 is 5.32 Å². The number of hydrogen-bond donors (Lipinski definition) is 1. The van der Waals surface area contributed by atoms with Crippen molar-refractivity contribution in [2.45, 2.75) is 19.4 Å². The van der Waals surface area contributed by atoms with Crippen molar-refractivity contribution in [1.82, 2.24) is 9.80 Å². The Bertz CT molecular complexity index is 818. The first-order valence-corrected chi connectivity index (χ1v) is 9.82. The molecular formula is C21H24ClF2N3O. The van der Waals surface area contributed by atoms with Gasteiger partial charge in [0, 0.05) is 43.2 Å². The van der Waals surface area contributed by atoms with E-state index in [4.69, 9.17) is 11.6 Å². The minimum Gasteiger partial charge on any atom is -0.324 e. The summed E-state index contributed by atoms with van der Waals surface area (Å²) in [7, 11) is 0. The standard InChI is InChI=1S/C21H24ClF2N3O/c22-17-6-7-20(19(24)14-17)25-21(28)8-11-26-9-3-10-27(13-12-26)15-16-4-1-2-5-18(16)23/h1-2,4-7,14H,3,8-13,15H2,(H,25,28). The van der Waals surface area contributed by atoms with Crippen LogP contribution in [-0.2, 0) is 11.3 Å². The molecule has 2 aromatic carbocycles. The lowest BCUT2D eigenvalue weighted by Crippen LogP contribution is -2.32. The zero-order valence-electron chi connectivity index (χ0n) is 15.6. The quantitative estimate of drug-likeness (QED) is 0.781. The summed E-state index contributed by atoms with van der Waals surface area (Å²) in [4.78, 5) is 16.6. The fraction of sp³-hybridized carbons (Fsp3) is 0.381. The number of benzene rings is 2. The first-order chi connectivity index (χ1) is 13.5. The van der Waals surface area contributed by atoms with Gasteiger partial charge in [0.1, 0.15) is 11.6 Å². The fourth-order valence-corrected chi connectivity index (χ4v) is 3.50. The summed E-state index contributed by atoms with van der Waals surface area (Å²) < 4.78 is 27.6. The Balaban J connectivity index is 1.44. The lowest BCUT2D eigenvalue weighted by atomic mass is 10.2. The predicted molar refractivity (Wildman–Crippen MR) is 107 cm³/mol. The second kappa shape index (κ2) is 9.96. The molecule has 1 saturated heterocycles. The van der Waals surface area contributed by atoms with Crippen molar-refractivity contribution in [2.75, 3.05) is 38.0 Å². The van der Waals surface area contributed by atoms with Crippen molar-refractivity contribution in [2.24, 2.45) is 0 Å². The molecule has 0 aromatic heterocycles. The molecule has 1 heterocycles. The minimum absolute atomic E-state index is 0.140. The average Bonchev–Trinajstić information content (AvgIpc) is 2.89. The Morgan fingerprint density at radius 2 is 1.75 bits per heavy atom. The molecule has 0 saturated carbocycles. The van der Waals surface area contributed by atoms with Crippen LogP contribution in [0.1, 0.15) is 18.4 Å². The lowest BCUT2D eigenvalue weighted by Gasteiger charge is -2.22. The van der Waals surface area contributed by atoms with Crippen LogP contribution in [0.15, 0.2) is 42.5 Å². The first kappa shape index (κ1) is 20.7. The van der Waals surface area contributed by atoms with Crippen molar-refractivity contribution in [3.63, 3.8) is 0 Å². The van der Waals surface area contributed by atoms with E-state index < -0.39 is 5.82 Å². The van der Waals surface area contributed by atoms with E-state index in [2.05, 4.69) is 15.1 Å². The summed E-state index contributed by atoms with van der Waals surface area (Å²) in [6.07, 6.45) is 1.25. The Labute approximate surface area is 169 Å². The number of carbonyl (C=O) groups is 1. The van der Waals surface area contributed by atoms with Crippen molar-refractivity contribution in [3.8, 4) is 0 Å². The number of amides is 1. The topological polar surface area (TPSA) is 35.6 Å². The highest BCUT2D eigenvalue weighted by Crippen LogP contribution is 2.19. The number of rotatable bonds is 6. The molecule has 1 N–H and O–H groups in total. The van der Waals surface area contributed by atoms with Crippen LogP contribution >= 0.6 is 11.6 Å². The van der Waals surface area contributed by atoms with Gasteiger partial charge in [-0.1, -0.05) is 29.8 Å². The summed E-state index contributed by atoms with van der Waals surface area (Å²) in [5, 5.41) is 2.88. The average molecular weight is 408 g/mol. The van der Waals surface area contributed by atoms with E-state index in [9.17, 15) is 13.6 Å².